The fourth-order valence-corrected chi connectivity index (χ4v) is 1.29. The average Bonchev–Trinajstić information content (AvgIpc) is 2.34. The van der Waals surface area contributed by atoms with Gasteiger partial charge in [0.05, 0.1) is 4.92 Å². The summed E-state index contributed by atoms with van der Waals surface area (Å²) in [4.78, 5) is 31.6. The molecule has 1 rings (SSSR count). The summed E-state index contributed by atoms with van der Waals surface area (Å²) >= 11 is 0. The van der Waals surface area contributed by atoms with E-state index in [1.807, 2.05) is 0 Å². The van der Waals surface area contributed by atoms with Crippen LogP contribution in [0.5, 0.6) is 0 Å². The van der Waals surface area contributed by atoms with E-state index >= 15 is 0 Å². The third-order valence-corrected chi connectivity index (χ3v) is 2.15. The molecule has 6 nitrogen and oxygen atoms in total. The van der Waals surface area contributed by atoms with Gasteiger partial charge in [-0.3, -0.25) is 19.7 Å². The van der Waals surface area contributed by atoms with Gasteiger partial charge in [-0.15, -0.1) is 0 Å². The van der Waals surface area contributed by atoms with E-state index in [0.717, 1.165) is 5.56 Å². The maximum absolute atomic E-state index is 11.0. The Morgan fingerprint density at radius 2 is 1.95 bits per heavy atom. The van der Waals surface area contributed by atoms with Crippen molar-refractivity contribution in [1.82, 2.24) is 0 Å². The minimum absolute atomic E-state index is 0.0186. The molecule has 0 aliphatic carbocycles. The first-order valence-corrected chi connectivity index (χ1v) is 5.55. The number of rotatable bonds is 6. The summed E-state index contributed by atoms with van der Waals surface area (Å²) in [6.07, 6.45) is 3.04. The third kappa shape index (κ3) is 5.58. The first kappa shape index (κ1) is 14.6. The lowest BCUT2D eigenvalue weighted by Gasteiger charge is -1.99. The lowest BCUT2D eigenvalue weighted by atomic mass is 10.2. The van der Waals surface area contributed by atoms with Gasteiger partial charge in [0.15, 0.2) is 0 Å². The van der Waals surface area contributed by atoms with Crippen molar-refractivity contribution in [3.8, 4) is 0 Å². The average molecular weight is 263 g/mol. The summed E-state index contributed by atoms with van der Waals surface area (Å²) in [6, 6.07) is 5.96. The number of nitro groups is 1. The lowest BCUT2D eigenvalue weighted by molar-refractivity contribution is -0.384. The Bertz CT molecular complexity index is 504. The highest BCUT2D eigenvalue weighted by Gasteiger charge is 2.04. The summed E-state index contributed by atoms with van der Waals surface area (Å²) in [5.74, 6) is -0.815. The van der Waals surface area contributed by atoms with E-state index < -0.39 is 10.9 Å². The van der Waals surface area contributed by atoms with Gasteiger partial charge in [-0.25, -0.2) is 0 Å². The van der Waals surface area contributed by atoms with Crippen LogP contribution in [-0.4, -0.2) is 23.3 Å². The van der Waals surface area contributed by atoms with E-state index in [-0.39, 0.29) is 24.5 Å². The van der Waals surface area contributed by atoms with Crippen molar-refractivity contribution in [2.75, 3.05) is 6.61 Å². The first-order chi connectivity index (χ1) is 8.99. The van der Waals surface area contributed by atoms with Crippen molar-refractivity contribution in [1.29, 1.82) is 0 Å². The smallest absolute Gasteiger partial charge is 0.313 e. The van der Waals surface area contributed by atoms with Crippen LogP contribution in [0.15, 0.2) is 30.3 Å². The Morgan fingerprint density at radius 3 is 2.47 bits per heavy atom. The van der Waals surface area contributed by atoms with Crippen molar-refractivity contribution in [3.63, 3.8) is 0 Å². The highest BCUT2D eigenvalue weighted by molar-refractivity contribution is 5.94. The molecule has 0 aromatic heterocycles. The second kappa shape index (κ2) is 7.05. The number of nitro benzene ring substituents is 1. The number of carbonyl (C=O) groups is 2. The first-order valence-electron chi connectivity index (χ1n) is 5.55. The van der Waals surface area contributed by atoms with Crippen LogP contribution in [-0.2, 0) is 14.3 Å². The van der Waals surface area contributed by atoms with Crippen LogP contribution in [0, 0.1) is 10.1 Å². The van der Waals surface area contributed by atoms with Crippen LogP contribution in [0.3, 0.4) is 0 Å². The number of non-ortho nitro benzene ring substituents is 1. The second-order valence-corrected chi connectivity index (χ2v) is 3.81. The number of ether oxygens (including phenoxy) is 1. The molecule has 0 bridgehead atoms. The Labute approximate surface area is 109 Å². The van der Waals surface area contributed by atoms with Crippen molar-refractivity contribution in [3.05, 3.63) is 46.0 Å². The van der Waals surface area contributed by atoms with Crippen LogP contribution in [0.2, 0.25) is 0 Å². The fraction of sp³-hybridized carbons (Fsp3) is 0.231. The standard InChI is InChI=1S/C13H13NO5/c1-10(15)9-13(16)19-8-2-3-11-4-6-12(7-5-11)14(17)18/h2-7H,8-9H2,1H3/b3-2+. The van der Waals surface area contributed by atoms with Crippen LogP contribution >= 0.6 is 0 Å². The van der Waals surface area contributed by atoms with Gasteiger partial charge in [-0.1, -0.05) is 6.08 Å². The molecule has 100 valence electrons. The molecular formula is C13H13NO5. The van der Waals surface area contributed by atoms with E-state index in [4.69, 9.17) is 4.74 Å². The van der Waals surface area contributed by atoms with Gasteiger partial charge in [0.25, 0.3) is 5.69 Å². The summed E-state index contributed by atoms with van der Waals surface area (Å²) in [5, 5.41) is 10.4. The lowest BCUT2D eigenvalue weighted by Crippen LogP contribution is -2.08. The number of ketones is 1. The maximum atomic E-state index is 11.0. The molecule has 0 aliphatic rings. The molecule has 1 aromatic rings. The molecule has 1 aromatic carbocycles. The molecule has 0 aliphatic heterocycles. The molecule has 0 atom stereocenters. The minimum atomic E-state index is -0.569. The van der Waals surface area contributed by atoms with Gasteiger partial charge in [-0.2, -0.15) is 0 Å². The Hall–Kier alpha value is -2.50. The Kier molecular flexibility index (Phi) is 5.40. The summed E-state index contributed by atoms with van der Waals surface area (Å²) in [7, 11) is 0. The number of Topliss-reactive ketones (excluding diaryl/α,β-unsaturated/α-hetero) is 1. The zero-order valence-electron chi connectivity index (χ0n) is 10.4. The van der Waals surface area contributed by atoms with Crippen LogP contribution < -0.4 is 0 Å². The molecule has 0 heterocycles. The summed E-state index contributed by atoms with van der Waals surface area (Å²) < 4.78 is 4.78. The van der Waals surface area contributed by atoms with Crippen molar-refractivity contribution in [2.45, 2.75) is 13.3 Å². The molecular weight excluding hydrogens is 250 g/mol. The topological polar surface area (TPSA) is 86.5 Å². The quantitative estimate of drug-likeness (QED) is 0.339. The van der Waals surface area contributed by atoms with Gasteiger partial charge in [-0.05, 0) is 30.7 Å². The number of hydrogen-bond acceptors (Lipinski definition) is 5. The van der Waals surface area contributed by atoms with Gasteiger partial charge in [0, 0.05) is 12.1 Å². The number of benzene rings is 1. The van der Waals surface area contributed by atoms with Crippen molar-refractivity contribution < 1.29 is 19.2 Å². The zero-order valence-corrected chi connectivity index (χ0v) is 10.4. The van der Waals surface area contributed by atoms with E-state index in [9.17, 15) is 19.7 Å². The second-order valence-electron chi connectivity index (χ2n) is 3.81. The predicted molar refractivity (Wildman–Crippen MR) is 68.4 cm³/mol. The Morgan fingerprint density at radius 1 is 1.32 bits per heavy atom. The molecule has 0 saturated heterocycles. The van der Waals surface area contributed by atoms with E-state index in [0.29, 0.717) is 0 Å². The van der Waals surface area contributed by atoms with E-state index in [1.165, 1.54) is 19.1 Å². The van der Waals surface area contributed by atoms with Gasteiger partial charge >= 0.3 is 5.97 Å². The normalized spacial score (nSPS) is 10.4. The van der Waals surface area contributed by atoms with E-state index in [1.54, 1.807) is 24.3 Å². The molecule has 0 saturated carbocycles. The zero-order chi connectivity index (χ0) is 14.3. The predicted octanol–water partition coefficient (Wildman–Crippen LogP) is 2.13. The highest BCUT2D eigenvalue weighted by atomic mass is 16.6. The van der Waals surface area contributed by atoms with Crippen molar-refractivity contribution >= 4 is 23.5 Å². The van der Waals surface area contributed by atoms with Gasteiger partial charge in [0.1, 0.15) is 18.8 Å². The monoisotopic (exact) mass is 263 g/mol. The SMILES string of the molecule is CC(=O)CC(=O)OC/C=C/c1ccc([N+](=O)[O-])cc1. The molecule has 0 spiro atoms. The molecule has 0 radical (unpaired) electrons. The minimum Gasteiger partial charge on any atom is -0.461 e. The van der Waals surface area contributed by atoms with Crippen molar-refractivity contribution in [2.24, 2.45) is 0 Å². The molecule has 6 heteroatoms. The fourth-order valence-electron chi connectivity index (χ4n) is 1.29. The van der Waals surface area contributed by atoms with Crippen LogP contribution in [0.1, 0.15) is 18.9 Å². The van der Waals surface area contributed by atoms with Gasteiger partial charge < -0.3 is 4.74 Å². The summed E-state index contributed by atoms with van der Waals surface area (Å²) in [5.41, 5.74) is 0.776. The van der Waals surface area contributed by atoms with E-state index in [2.05, 4.69) is 0 Å². The molecule has 0 N–H and O–H groups in total. The maximum Gasteiger partial charge on any atom is 0.313 e. The number of nitrogens with zero attached hydrogens (tertiary/aromatic N) is 1. The highest BCUT2D eigenvalue weighted by Crippen LogP contribution is 2.12. The number of carbonyl (C=O) groups excluding carboxylic acids is 2. The molecule has 0 fully saturated rings. The Balaban J connectivity index is 2.42. The number of hydrogen-bond donors (Lipinski definition) is 0. The molecule has 0 unspecified atom stereocenters. The summed E-state index contributed by atoms with van der Waals surface area (Å²) in [6.45, 7) is 1.37. The number of esters is 1. The van der Waals surface area contributed by atoms with Gasteiger partial charge in [0.2, 0.25) is 0 Å². The van der Waals surface area contributed by atoms with Crippen LogP contribution in [0.25, 0.3) is 6.08 Å². The third-order valence-electron chi connectivity index (χ3n) is 2.15. The molecule has 19 heavy (non-hydrogen) atoms. The molecule has 0 amide bonds. The largest absolute Gasteiger partial charge is 0.461 e. The van der Waals surface area contributed by atoms with Crippen LogP contribution in [0.4, 0.5) is 5.69 Å².